The number of carbonyl (C=O) groups excluding carboxylic acids is 1. The Morgan fingerprint density at radius 2 is 2.04 bits per heavy atom. The van der Waals surface area contributed by atoms with E-state index in [4.69, 9.17) is 0 Å². The smallest absolute Gasteiger partial charge is 0.276 e. The fourth-order valence-corrected chi connectivity index (χ4v) is 2.60. The molecule has 23 heavy (non-hydrogen) atoms. The van der Waals surface area contributed by atoms with E-state index in [1.807, 2.05) is 0 Å². The molecule has 4 rings (SSSR count). The number of carbonyl (C=O) groups is 1. The quantitative estimate of drug-likeness (QED) is 0.758. The van der Waals surface area contributed by atoms with E-state index < -0.39 is 0 Å². The van der Waals surface area contributed by atoms with Crippen molar-refractivity contribution in [2.45, 2.75) is 6.67 Å². The Bertz CT molecular complexity index is 991. The minimum atomic E-state index is -0.268. The summed E-state index contributed by atoms with van der Waals surface area (Å²) in [5.41, 5.74) is 1.20. The lowest BCUT2D eigenvalue weighted by Gasteiger charge is -2.09. The number of hydrogen-bond acceptors (Lipinski definition) is 6. The van der Waals surface area contributed by atoms with E-state index in [0.717, 1.165) is 5.52 Å². The molecule has 1 aliphatic heterocycles. The number of aromatic nitrogens is 4. The molecule has 0 unspecified atom stereocenters. The summed E-state index contributed by atoms with van der Waals surface area (Å²) < 4.78 is 1.44. The van der Waals surface area contributed by atoms with Crippen molar-refractivity contribution in [3.05, 3.63) is 53.0 Å². The number of amides is 1. The van der Waals surface area contributed by atoms with Crippen molar-refractivity contribution in [3.63, 3.8) is 0 Å². The largest absolute Gasteiger partial charge is 0.335 e. The summed E-state index contributed by atoms with van der Waals surface area (Å²) in [4.78, 5) is 38.4. The van der Waals surface area contributed by atoms with Crippen LogP contribution in [0.1, 0.15) is 10.5 Å². The average molecular weight is 308 g/mol. The van der Waals surface area contributed by atoms with E-state index in [0.29, 0.717) is 22.6 Å². The minimum absolute atomic E-state index is 0.162. The van der Waals surface area contributed by atoms with Crippen LogP contribution < -0.4 is 10.9 Å². The van der Waals surface area contributed by atoms with Crippen molar-refractivity contribution < 1.29 is 4.79 Å². The van der Waals surface area contributed by atoms with Crippen molar-refractivity contribution in [1.29, 1.82) is 0 Å². The van der Waals surface area contributed by atoms with E-state index in [1.165, 1.54) is 15.8 Å². The normalized spacial score (nSPS) is 13.4. The first kappa shape index (κ1) is 13.4. The van der Waals surface area contributed by atoms with E-state index in [1.54, 1.807) is 37.6 Å². The van der Waals surface area contributed by atoms with Crippen LogP contribution in [0.25, 0.3) is 10.9 Å². The second-order valence-electron chi connectivity index (χ2n) is 5.25. The van der Waals surface area contributed by atoms with Gasteiger partial charge in [0.2, 0.25) is 0 Å². The summed E-state index contributed by atoms with van der Waals surface area (Å²) in [7, 11) is 1.66. The third kappa shape index (κ3) is 2.03. The number of nitrogens with one attached hydrogen (secondary N) is 1. The van der Waals surface area contributed by atoms with Crippen molar-refractivity contribution >= 4 is 28.3 Å². The van der Waals surface area contributed by atoms with Crippen molar-refractivity contribution in [2.24, 2.45) is 0 Å². The van der Waals surface area contributed by atoms with Crippen LogP contribution in [0.4, 0.5) is 11.5 Å². The monoisotopic (exact) mass is 308 g/mol. The van der Waals surface area contributed by atoms with Crippen LogP contribution in [0, 0.1) is 0 Å². The van der Waals surface area contributed by atoms with Crippen molar-refractivity contribution in [2.75, 3.05) is 12.4 Å². The van der Waals surface area contributed by atoms with E-state index in [2.05, 4.69) is 20.3 Å². The molecule has 0 aliphatic carbocycles. The average Bonchev–Trinajstić information content (AvgIpc) is 2.86. The zero-order chi connectivity index (χ0) is 16.0. The number of anilines is 2. The highest BCUT2D eigenvalue weighted by atomic mass is 16.2. The summed E-state index contributed by atoms with van der Waals surface area (Å²) in [6, 6.07) is 5.00. The SMILES string of the molecule is CN1Cn2c(ccc(Nc3ncnc4ccncc34)c2=O)C1=O. The Morgan fingerprint density at radius 3 is 2.91 bits per heavy atom. The maximum absolute atomic E-state index is 12.6. The lowest BCUT2D eigenvalue weighted by atomic mass is 10.2. The first-order chi connectivity index (χ1) is 11.1. The zero-order valence-corrected chi connectivity index (χ0v) is 12.2. The van der Waals surface area contributed by atoms with Gasteiger partial charge in [-0.25, -0.2) is 9.97 Å². The Labute approximate surface area is 130 Å². The molecule has 8 nitrogen and oxygen atoms in total. The summed E-state index contributed by atoms with van der Waals surface area (Å²) in [6.07, 6.45) is 4.71. The molecule has 0 saturated heterocycles. The van der Waals surface area contributed by atoms with Crippen LogP contribution in [0.3, 0.4) is 0 Å². The molecular formula is C15H12N6O2. The lowest BCUT2D eigenvalue weighted by molar-refractivity contribution is 0.0811. The summed E-state index contributed by atoms with van der Waals surface area (Å²) in [5.74, 6) is 0.337. The molecule has 0 fully saturated rings. The second-order valence-corrected chi connectivity index (χ2v) is 5.25. The fourth-order valence-electron chi connectivity index (χ4n) is 2.60. The van der Waals surface area contributed by atoms with Crippen LogP contribution in [0.2, 0.25) is 0 Å². The summed E-state index contributed by atoms with van der Waals surface area (Å²) in [6.45, 7) is 0.245. The van der Waals surface area contributed by atoms with Crippen LogP contribution in [0.5, 0.6) is 0 Å². The molecule has 0 atom stereocenters. The first-order valence-corrected chi connectivity index (χ1v) is 6.96. The van der Waals surface area contributed by atoms with Gasteiger partial charge in [0, 0.05) is 19.4 Å². The van der Waals surface area contributed by atoms with Gasteiger partial charge in [-0.1, -0.05) is 0 Å². The van der Waals surface area contributed by atoms with Gasteiger partial charge in [0.15, 0.2) is 0 Å². The molecule has 0 radical (unpaired) electrons. The summed E-state index contributed by atoms with van der Waals surface area (Å²) in [5, 5.41) is 3.74. The Balaban J connectivity index is 1.80. The second kappa shape index (κ2) is 4.87. The van der Waals surface area contributed by atoms with Gasteiger partial charge < -0.3 is 10.2 Å². The molecule has 8 heteroatoms. The molecule has 0 bridgehead atoms. The highest BCUT2D eigenvalue weighted by Gasteiger charge is 2.26. The van der Waals surface area contributed by atoms with Gasteiger partial charge in [0.05, 0.1) is 10.9 Å². The molecule has 0 spiro atoms. The number of fused-ring (bicyclic) bond motifs is 2. The van der Waals surface area contributed by atoms with Crippen LogP contribution in [-0.4, -0.2) is 37.4 Å². The van der Waals surface area contributed by atoms with Gasteiger partial charge in [-0.15, -0.1) is 0 Å². The van der Waals surface area contributed by atoms with Gasteiger partial charge in [-0.2, -0.15) is 0 Å². The zero-order valence-electron chi connectivity index (χ0n) is 12.2. The number of nitrogens with zero attached hydrogens (tertiary/aromatic N) is 5. The highest BCUT2D eigenvalue weighted by molar-refractivity contribution is 5.94. The number of rotatable bonds is 2. The van der Waals surface area contributed by atoms with E-state index >= 15 is 0 Å². The van der Waals surface area contributed by atoms with Crippen LogP contribution in [0.15, 0.2) is 41.7 Å². The van der Waals surface area contributed by atoms with E-state index in [-0.39, 0.29) is 18.1 Å². The van der Waals surface area contributed by atoms with Gasteiger partial charge in [-0.05, 0) is 18.2 Å². The maximum Gasteiger partial charge on any atom is 0.276 e. The topological polar surface area (TPSA) is 93.0 Å². The predicted molar refractivity (Wildman–Crippen MR) is 83.4 cm³/mol. The van der Waals surface area contributed by atoms with Crippen LogP contribution >= 0.6 is 0 Å². The maximum atomic E-state index is 12.6. The standard InChI is InChI=1S/C15H12N6O2/c1-20-8-21-12(15(20)23)3-2-11(14(21)22)19-13-9-6-16-5-4-10(9)17-7-18-13/h2-7H,8H2,1H3,(H,17,18,19). The molecule has 3 aromatic heterocycles. The number of pyridine rings is 2. The summed E-state index contributed by atoms with van der Waals surface area (Å²) >= 11 is 0. The highest BCUT2D eigenvalue weighted by Crippen LogP contribution is 2.21. The molecule has 1 amide bonds. The van der Waals surface area contributed by atoms with Gasteiger partial charge in [0.25, 0.3) is 11.5 Å². The molecule has 0 saturated carbocycles. The van der Waals surface area contributed by atoms with Gasteiger partial charge in [0.1, 0.15) is 30.2 Å². The van der Waals surface area contributed by atoms with E-state index in [9.17, 15) is 9.59 Å². The molecular weight excluding hydrogens is 296 g/mol. The van der Waals surface area contributed by atoms with Crippen LogP contribution in [-0.2, 0) is 6.67 Å². The van der Waals surface area contributed by atoms with Gasteiger partial charge >= 0.3 is 0 Å². The molecule has 0 aromatic carbocycles. The molecule has 114 valence electrons. The van der Waals surface area contributed by atoms with Crippen molar-refractivity contribution in [1.82, 2.24) is 24.4 Å². The Hall–Kier alpha value is -3.29. The molecule has 3 aromatic rings. The molecule has 4 heterocycles. The van der Waals surface area contributed by atoms with Gasteiger partial charge in [-0.3, -0.25) is 19.1 Å². The third-order valence-corrected chi connectivity index (χ3v) is 3.78. The first-order valence-electron chi connectivity index (χ1n) is 6.96. The minimum Gasteiger partial charge on any atom is -0.335 e. The van der Waals surface area contributed by atoms with Crippen molar-refractivity contribution in [3.8, 4) is 0 Å². The lowest BCUT2D eigenvalue weighted by Crippen LogP contribution is -2.24. The Kier molecular flexibility index (Phi) is 2.83. The third-order valence-electron chi connectivity index (χ3n) is 3.78. The molecule has 1 aliphatic rings. The number of hydrogen-bond donors (Lipinski definition) is 1. The molecule has 1 N–H and O–H groups in total. The predicted octanol–water partition coefficient (Wildman–Crippen LogP) is 0.973. The fraction of sp³-hybridized carbons (Fsp3) is 0.133. The Morgan fingerprint density at radius 1 is 1.17 bits per heavy atom.